The van der Waals surface area contributed by atoms with Crippen molar-refractivity contribution in [1.82, 2.24) is 20.4 Å². The number of nitrogens with one attached hydrogen (secondary N) is 1. The molecule has 174 valence electrons. The Hall–Kier alpha value is -3.83. The summed E-state index contributed by atoms with van der Waals surface area (Å²) < 4.78 is 10.5. The molecule has 1 saturated heterocycles. The molecule has 0 atom stereocenters. The lowest BCUT2D eigenvalue weighted by molar-refractivity contribution is -0.384. The minimum absolute atomic E-state index is 0.00302. The number of esters is 1. The van der Waals surface area contributed by atoms with Crippen LogP contribution in [0.1, 0.15) is 44.9 Å². The van der Waals surface area contributed by atoms with Crippen LogP contribution in [0.5, 0.6) is 0 Å². The Morgan fingerprint density at radius 1 is 1.27 bits per heavy atom. The number of rotatable bonds is 7. The lowest BCUT2D eigenvalue weighted by Gasteiger charge is -2.34. The van der Waals surface area contributed by atoms with Gasteiger partial charge in [-0.15, -0.1) is 10.2 Å². The molecular weight excluding hydrogens is 434 g/mol. The van der Waals surface area contributed by atoms with Crippen LogP contribution in [0.4, 0.5) is 10.5 Å². The number of aromatic nitrogens is 2. The van der Waals surface area contributed by atoms with E-state index in [2.05, 4.69) is 22.4 Å². The van der Waals surface area contributed by atoms with Crippen molar-refractivity contribution in [3.63, 3.8) is 0 Å². The summed E-state index contributed by atoms with van der Waals surface area (Å²) in [6, 6.07) is 4.94. The Bertz CT molecular complexity index is 1070. The second-order valence-electron chi connectivity index (χ2n) is 8.22. The molecule has 0 radical (unpaired) electrons. The normalized spacial score (nSPS) is 22.5. The van der Waals surface area contributed by atoms with Crippen molar-refractivity contribution in [2.75, 3.05) is 6.54 Å². The number of nitro benzene ring substituents is 1. The first kappa shape index (κ1) is 22.4. The van der Waals surface area contributed by atoms with E-state index in [1.165, 1.54) is 24.3 Å². The molecule has 3 amide bonds. The van der Waals surface area contributed by atoms with E-state index in [9.17, 15) is 24.5 Å². The molecule has 1 N–H and O–H groups in total. The summed E-state index contributed by atoms with van der Waals surface area (Å²) in [5.41, 5.74) is -0.531. The van der Waals surface area contributed by atoms with Gasteiger partial charge in [0.15, 0.2) is 6.61 Å². The molecule has 4 rings (SSSR count). The molecule has 12 heteroatoms. The van der Waals surface area contributed by atoms with E-state index in [1.807, 2.05) is 0 Å². The van der Waals surface area contributed by atoms with E-state index in [0.29, 0.717) is 24.3 Å². The van der Waals surface area contributed by atoms with Gasteiger partial charge in [-0.1, -0.05) is 13.3 Å². The van der Waals surface area contributed by atoms with E-state index in [4.69, 9.17) is 9.15 Å². The maximum atomic E-state index is 12.9. The molecule has 0 bridgehead atoms. The maximum Gasteiger partial charge on any atom is 0.326 e. The number of carbonyl (C=O) groups is 3. The molecule has 33 heavy (non-hydrogen) atoms. The number of benzene rings is 1. The predicted octanol–water partition coefficient (Wildman–Crippen LogP) is 2.58. The van der Waals surface area contributed by atoms with Gasteiger partial charge < -0.3 is 14.5 Å². The number of amides is 3. The van der Waals surface area contributed by atoms with Crippen LogP contribution in [-0.2, 0) is 20.9 Å². The Morgan fingerprint density at radius 3 is 2.61 bits per heavy atom. The van der Waals surface area contributed by atoms with Crippen LogP contribution in [0.2, 0.25) is 0 Å². The summed E-state index contributed by atoms with van der Waals surface area (Å²) in [7, 11) is 0. The third-order valence-electron chi connectivity index (χ3n) is 6.22. The van der Waals surface area contributed by atoms with Gasteiger partial charge in [0.1, 0.15) is 12.1 Å². The van der Waals surface area contributed by atoms with Gasteiger partial charge in [0.25, 0.3) is 17.5 Å². The van der Waals surface area contributed by atoms with Gasteiger partial charge in [0, 0.05) is 17.7 Å². The summed E-state index contributed by atoms with van der Waals surface area (Å²) in [6.07, 6.45) is 3.88. The summed E-state index contributed by atoms with van der Waals surface area (Å²) in [5.74, 6) is -0.521. The summed E-state index contributed by atoms with van der Waals surface area (Å²) >= 11 is 0. The third-order valence-corrected chi connectivity index (χ3v) is 6.22. The summed E-state index contributed by atoms with van der Waals surface area (Å²) in [5, 5.41) is 21.1. The smallest absolute Gasteiger partial charge is 0.326 e. The van der Waals surface area contributed by atoms with Crippen molar-refractivity contribution >= 4 is 23.6 Å². The van der Waals surface area contributed by atoms with Crippen LogP contribution < -0.4 is 5.32 Å². The zero-order valence-electron chi connectivity index (χ0n) is 18.0. The monoisotopic (exact) mass is 457 g/mol. The summed E-state index contributed by atoms with van der Waals surface area (Å²) in [6.45, 7) is 1.26. The van der Waals surface area contributed by atoms with Gasteiger partial charge in [-0.3, -0.25) is 24.6 Å². The van der Waals surface area contributed by atoms with Crippen molar-refractivity contribution in [3.8, 4) is 11.5 Å². The van der Waals surface area contributed by atoms with Crippen molar-refractivity contribution < 1.29 is 28.5 Å². The molecule has 12 nitrogen and oxygen atoms in total. The topological polar surface area (TPSA) is 158 Å². The van der Waals surface area contributed by atoms with Gasteiger partial charge in [0.2, 0.25) is 5.89 Å². The number of hydrogen-bond donors (Lipinski definition) is 1. The highest BCUT2D eigenvalue weighted by atomic mass is 16.6. The number of imide groups is 1. The van der Waals surface area contributed by atoms with Crippen LogP contribution in [0.25, 0.3) is 11.5 Å². The quantitative estimate of drug-likeness (QED) is 0.285. The molecular formula is C21H23N5O7. The zero-order valence-corrected chi connectivity index (χ0v) is 18.0. The van der Waals surface area contributed by atoms with Crippen LogP contribution >= 0.6 is 0 Å². The molecule has 2 aromatic rings. The molecule has 1 saturated carbocycles. The molecule has 1 aromatic heterocycles. The Balaban J connectivity index is 1.31. The van der Waals surface area contributed by atoms with Crippen molar-refractivity contribution in [3.05, 3.63) is 40.3 Å². The van der Waals surface area contributed by atoms with E-state index in [0.717, 1.165) is 24.2 Å². The molecule has 0 unspecified atom stereocenters. The first-order valence-corrected chi connectivity index (χ1v) is 10.7. The number of carbonyl (C=O) groups excluding carboxylic acids is 3. The molecule has 1 aliphatic heterocycles. The second-order valence-corrected chi connectivity index (χ2v) is 8.22. The molecule has 1 spiro atoms. The lowest BCUT2D eigenvalue weighted by Crippen LogP contribution is -2.49. The number of nitrogens with zero attached hydrogens (tertiary/aromatic N) is 4. The standard InChI is InChI=1S/C21H23N5O7/c1-2-13-7-9-21(10-8-13)19(28)25(20(29)22-21)11-17(27)32-12-16-23-24-18(33-16)14-3-5-15(6-4-14)26(30)31/h3-6,13H,2,7-12H2,1H3,(H,22,29). The highest BCUT2D eigenvalue weighted by molar-refractivity contribution is 6.08. The van der Waals surface area contributed by atoms with Crippen LogP contribution in [0.15, 0.2) is 28.7 Å². The van der Waals surface area contributed by atoms with Crippen LogP contribution in [-0.4, -0.2) is 50.0 Å². The number of hydrogen-bond acceptors (Lipinski definition) is 9. The predicted molar refractivity (Wildman–Crippen MR) is 111 cm³/mol. The van der Waals surface area contributed by atoms with Gasteiger partial charge in [-0.25, -0.2) is 4.79 Å². The average molecular weight is 457 g/mol. The van der Waals surface area contributed by atoms with Crippen LogP contribution in [0.3, 0.4) is 0 Å². The molecule has 2 heterocycles. The first-order chi connectivity index (χ1) is 15.8. The average Bonchev–Trinajstić information content (AvgIpc) is 3.37. The third kappa shape index (κ3) is 4.54. The number of urea groups is 1. The fourth-order valence-corrected chi connectivity index (χ4v) is 4.21. The SMILES string of the molecule is CCC1CCC2(CC1)NC(=O)N(CC(=O)OCc1nnc(-c3ccc([N+](=O)[O-])cc3)o1)C2=O. The first-order valence-electron chi connectivity index (χ1n) is 10.7. The highest BCUT2D eigenvalue weighted by Gasteiger charge is 2.52. The number of ether oxygens (including phenoxy) is 1. The maximum absolute atomic E-state index is 12.9. The van der Waals surface area contributed by atoms with Gasteiger partial charge in [0.05, 0.1) is 4.92 Å². The molecule has 2 fully saturated rings. The minimum Gasteiger partial charge on any atom is -0.454 e. The minimum atomic E-state index is -0.921. The van der Waals surface area contributed by atoms with E-state index < -0.39 is 34.9 Å². The van der Waals surface area contributed by atoms with Gasteiger partial charge >= 0.3 is 12.0 Å². The van der Waals surface area contributed by atoms with Gasteiger partial charge in [-0.05, 0) is 43.7 Å². The van der Waals surface area contributed by atoms with Crippen molar-refractivity contribution in [2.24, 2.45) is 5.92 Å². The molecule has 1 aromatic carbocycles. The lowest BCUT2D eigenvalue weighted by atomic mass is 9.75. The second kappa shape index (κ2) is 8.96. The molecule has 1 aliphatic carbocycles. The number of nitro groups is 1. The Kier molecular flexibility index (Phi) is 6.07. The number of non-ortho nitro benzene ring substituents is 1. The molecule has 2 aliphatic rings. The largest absolute Gasteiger partial charge is 0.454 e. The fourth-order valence-electron chi connectivity index (χ4n) is 4.21. The fraction of sp³-hybridized carbons (Fsp3) is 0.476. The van der Waals surface area contributed by atoms with Crippen molar-refractivity contribution in [2.45, 2.75) is 51.2 Å². The van der Waals surface area contributed by atoms with Crippen LogP contribution in [0, 0.1) is 16.0 Å². The van der Waals surface area contributed by atoms with Crippen molar-refractivity contribution in [1.29, 1.82) is 0 Å². The Labute approximate surface area is 188 Å². The zero-order chi connectivity index (χ0) is 23.6. The van der Waals surface area contributed by atoms with E-state index >= 15 is 0 Å². The van der Waals surface area contributed by atoms with E-state index in [-0.39, 0.29) is 24.1 Å². The Morgan fingerprint density at radius 2 is 1.97 bits per heavy atom. The summed E-state index contributed by atoms with van der Waals surface area (Å²) in [4.78, 5) is 48.6. The van der Waals surface area contributed by atoms with Gasteiger partial charge in [-0.2, -0.15) is 0 Å². The highest BCUT2D eigenvalue weighted by Crippen LogP contribution is 2.37. The van der Waals surface area contributed by atoms with E-state index in [1.54, 1.807) is 0 Å².